The molecule has 7 heteroatoms. The van der Waals surface area contributed by atoms with Crippen molar-refractivity contribution < 1.29 is 18.0 Å². The molecule has 2 rings (SSSR count). The van der Waals surface area contributed by atoms with Crippen molar-refractivity contribution in [3.8, 4) is 0 Å². The number of nitrogens with two attached hydrogens (primary N) is 1. The lowest BCUT2D eigenvalue weighted by Crippen LogP contribution is -2.28. The Morgan fingerprint density at radius 1 is 1.05 bits per heavy atom. The number of alkyl halides is 3. The Kier molecular flexibility index (Phi) is 6.17. The maximum Gasteiger partial charge on any atom is 0.407 e. The third-order valence-electron chi connectivity index (χ3n) is 2.97. The van der Waals surface area contributed by atoms with E-state index in [-0.39, 0.29) is 29.3 Å². The van der Waals surface area contributed by atoms with Crippen LogP contribution in [0.2, 0.25) is 0 Å². The average Bonchev–Trinajstić information content (AvgIpc) is 2.45. The van der Waals surface area contributed by atoms with E-state index >= 15 is 0 Å². The van der Waals surface area contributed by atoms with Crippen molar-refractivity contribution in [1.29, 1.82) is 0 Å². The lowest BCUT2D eigenvalue weighted by atomic mass is 9.98. The van der Waals surface area contributed by atoms with E-state index in [2.05, 4.69) is 15.9 Å². The summed E-state index contributed by atoms with van der Waals surface area (Å²) < 4.78 is 38.7. The van der Waals surface area contributed by atoms with Crippen LogP contribution in [0.25, 0.3) is 0 Å². The second-order valence-electron chi connectivity index (χ2n) is 4.48. The van der Waals surface area contributed by atoms with Crippen molar-refractivity contribution in [2.45, 2.75) is 12.2 Å². The smallest absolute Gasteiger partial charge is 0.316 e. The Morgan fingerprint density at radius 2 is 1.64 bits per heavy atom. The molecule has 1 unspecified atom stereocenters. The second-order valence-corrected chi connectivity index (χ2v) is 5.40. The highest BCUT2D eigenvalue weighted by Crippen LogP contribution is 2.31. The largest absolute Gasteiger partial charge is 0.407 e. The molecular weight excluding hydrogens is 383 g/mol. The van der Waals surface area contributed by atoms with Crippen molar-refractivity contribution in [2.75, 3.05) is 0 Å². The number of benzene rings is 2. The van der Waals surface area contributed by atoms with Crippen LogP contribution in [0.3, 0.4) is 0 Å². The number of ketones is 1. The zero-order valence-corrected chi connectivity index (χ0v) is 13.5. The van der Waals surface area contributed by atoms with E-state index in [1.807, 2.05) is 0 Å². The van der Waals surface area contributed by atoms with Crippen molar-refractivity contribution in [2.24, 2.45) is 5.73 Å². The summed E-state index contributed by atoms with van der Waals surface area (Å²) in [5, 5.41) is 0. The molecular formula is C15H12BrClF3NO. The molecule has 2 aromatic carbocycles. The summed E-state index contributed by atoms with van der Waals surface area (Å²) in [6.07, 6.45) is -4.54. The molecule has 0 heterocycles. The van der Waals surface area contributed by atoms with Crippen molar-refractivity contribution in [3.63, 3.8) is 0 Å². The van der Waals surface area contributed by atoms with Crippen molar-refractivity contribution in [3.05, 3.63) is 69.7 Å². The van der Waals surface area contributed by atoms with Crippen LogP contribution < -0.4 is 5.73 Å². The lowest BCUT2D eigenvalue weighted by Gasteiger charge is -2.16. The first-order valence-electron chi connectivity index (χ1n) is 6.01. The first-order chi connectivity index (χ1) is 9.79. The lowest BCUT2D eigenvalue weighted by molar-refractivity contribution is -0.149. The number of carbonyl (C=O) groups excluding carboxylic acids is 1. The number of hydrogen-bond acceptors (Lipinski definition) is 2. The van der Waals surface area contributed by atoms with Gasteiger partial charge in [0.15, 0.2) is 5.78 Å². The Morgan fingerprint density at radius 3 is 2.18 bits per heavy atom. The summed E-state index contributed by atoms with van der Waals surface area (Å²) in [4.78, 5) is 12.2. The highest BCUT2D eigenvalue weighted by Gasteiger charge is 2.37. The zero-order chi connectivity index (χ0) is 15.6. The first kappa shape index (κ1) is 18.7. The molecule has 118 valence electrons. The van der Waals surface area contributed by atoms with Gasteiger partial charge in [-0.25, -0.2) is 0 Å². The molecule has 0 bridgehead atoms. The van der Waals surface area contributed by atoms with Crippen LogP contribution in [0.15, 0.2) is 53.0 Å². The molecule has 1 atom stereocenters. The third kappa shape index (κ3) is 4.32. The molecule has 2 nitrogen and oxygen atoms in total. The Hall–Kier alpha value is -1.37. The van der Waals surface area contributed by atoms with Crippen LogP contribution in [-0.4, -0.2) is 12.0 Å². The fourth-order valence-electron chi connectivity index (χ4n) is 1.83. The van der Waals surface area contributed by atoms with E-state index in [1.165, 1.54) is 24.3 Å². The molecule has 0 fully saturated rings. The summed E-state index contributed by atoms with van der Waals surface area (Å²) in [7, 11) is 0. The van der Waals surface area contributed by atoms with E-state index in [1.54, 1.807) is 24.3 Å². The molecule has 0 radical (unpaired) electrons. The molecule has 0 aromatic heterocycles. The van der Waals surface area contributed by atoms with Crippen LogP contribution >= 0.6 is 28.3 Å². The minimum atomic E-state index is -4.54. The predicted molar refractivity (Wildman–Crippen MR) is 84.2 cm³/mol. The van der Waals surface area contributed by atoms with E-state index in [9.17, 15) is 18.0 Å². The Balaban J connectivity index is 0.00000242. The molecule has 0 amide bonds. The minimum Gasteiger partial charge on any atom is -0.316 e. The monoisotopic (exact) mass is 393 g/mol. The molecule has 2 N–H and O–H groups in total. The molecule has 2 aromatic rings. The topological polar surface area (TPSA) is 43.1 Å². The molecule has 0 spiro atoms. The molecule has 0 aliphatic heterocycles. The summed E-state index contributed by atoms with van der Waals surface area (Å²) in [5.74, 6) is -0.348. The quantitative estimate of drug-likeness (QED) is 0.769. The van der Waals surface area contributed by atoms with Crippen LogP contribution in [-0.2, 0) is 0 Å². The molecule has 0 saturated heterocycles. The van der Waals surface area contributed by atoms with Gasteiger partial charge in [0.05, 0.1) is 0 Å². The van der Waals surface area contributed by atoms with E-state index < -0.39 is 12.2 Å². The predicted octanol–water partition coefficient (Wildman–Crippen LogP) is 4.66. The molecule has 0 saturated carbocycles. The summed E-state index contributed by atoms with van der Waals surface area (Å²) in [5.41, 5.74) is 5.60. The van der Waals surface area contributed by atoms with Gasteiger partial charge in [-0.3, -0.25) is 4.79 Å². The SMILES string of the molecule is Cl.NC(c1cccc(C(=O)c2ccc(Br)cc2)c1)C(F)(F)F. The fourth-order valence-corrected chi connectivity index (χ4v) is 2.09. The maximum absolute atomic E-state index is 12.6. The maximum atomic E-state index is 12.6. The Bertz CT molecular complexity index is 659. The summed E-state index contributed by atoms with van der Waals surface area (Å²) >= 11 is 3.25. The molecule has 0 aliphatic carbocycles. The van der Waals surface area contributed by atoms with Crippen LogP contribution in [0.1, 0.15) is 27.5 Å². The molecule has 22 heavy (non-hydrogen) atoms. The van der Waals surface area contributed by atoms with Gasteiger partial charge in [0.25, 0.3) is 0 Å². The second kappa shape index (κ2) is 7.26. The first-order valence-corrected chi connectivity index (χ1v) is 6.81. The van der Waals surface area contributed by atoms with Crippen LogP contribution in [0, 0.1) is 0 Å². The van der Waals surface area contributed by atoms with E-state index in [0.717, 1.165) is 4.47 Å². The highest BCUT2D eigenvalue weighted by atomic mass is 79.9. The average molecular weight is 395 g/mol. The van der Waals surface area contributed by atoms with Gasteiger partial charge in [-0.2, -0.15) is 13.2 Å². The van der Waals surface area contributed by atoms with Crippen molar-refractivity contribution >= 4 is 34.1 Å². The van der Waals surface area contributed by atoms with Gasteiger partial charge in [0.1, 0.15) is 6.04 Å². The standard InChI is InChI=1S/C15H11BrF3NO.ClH/c16-12-6-4-9(5-7-12)13(21)10-2-1-3-11(8-10)14(20)15(17,18)19;/h1-8,14H,20H2;1H. The summed E-state index contributed by atoms with van der Waals surface area (Å²) in [6.45, 7) is 0. The number of hydrogen-bond donors (Lipinski definition) is 1. The van der Waals surface area contributed by atoms with Crippen molar-refractivity contribution in [1.82, 2.24) is 0 Å². The minimum absolute atomic E-state index is 0. The fraction of sp³-hybridized carbons (Fsp3) is 0.133. The van der Waals surface area contributed by atoms with Gasteiger partial charge in [-0.1, -0.05) is 34.1 Å². The summed E-state index contributed by atoms with van der Waals surface area (Å²) in [6, 6.07) is 9.79. The number of halogens is 5. The van der Waals surface area contributed by atoms with Gasteiger partial charge in [0.2, 0.25) is 0 Å². The Labute approximate surface area is 140 Å². The highest BCUT2D eigenvalue weighted by molar-refractivity contribution is 9.10. The third-order valence-corrected chi connectivity index (χ3v) is 3.50. The normalized spacial score (nSPS) is 12.4. The van der Waals surface area contributed by atoms with E-state index in [4.69, 9.17) is 5.73 Å². The zero-order valence-electron chi connectivity index (χ0n) is 11.1. The van der Waals surface area contributed by atoms with Gasteiger partial charge in [-0.05, 0) is 35.9 Å². The van der Waals surface area contributed by atoms with Gasteiger partial charge in [-0.15, -0.1) is 12.4 Å². The molecule has 0 aliphatic rings. The number of rotatable bonds is 3. The number of carbonyl (C=O) groups is 1. The van der Waals surface area contributed by atoms with E-state index in [0.29, 0.717) is 5.56 Å². The van der Waals surface area contributed by atoms with Crippen LogP contribution in [0.4, 0.5) is 13.2 Å². The van der Waals surface area contributed by atoms with Gasteiger partial charge in [0, 0.05) is 15.6 Å². The van der Waals surface area contributed by atoms with Gasteiger partial charge >= 0.3 is 6.18 Å². The van der Waals surface area contributed by atoms with Crippen LogP contribution in [0.5, 0.6) is 0 Å². The van der Waals surface area contributed by atoms with Gasteiger partial charge < -0.3 is 5.73 Å².